The molecular formula is C58H36N4. The highest BCUT2D eigenvalue weighted by Crippen LogP contribution is 2.46. The van der Waals surface area contributed by atoms with Gasteiger partial charge in [0.1, 0.15) is 0 Å². The second kappa shape index (κ2) is 15.6. The molecule has 0 spiro atoms. The Balaban J connectivity index is 1.12. The van der Waals surface area contributed by atoms with Gasteiger partial charge in [-0.15, -0.1) is 0 Å². The lowest BCUT2D eigenvalue weighted by Crippen LogP contribution is -2.02. The molecule has 10 aromatic carbocycles. The number of nitrogens with zero attached hydrogens (tertiary/aromatic N) is 4. The van der Waals surface area contributed by atoms with Gasteiger partial charge in [0, 0.05) is 16.7 Å². The first kappa shape index (κ1) is 36.6. The highest BCUT2D eigenvalue weighted by Gasteiger charge is 2.21. The molecule has 1 aromatic heterocycles. The van der Waals surface area contributed by atoms with Crippen molar-refractivity contribution in [2.75, 3.05) is 0 Å². The normalized spacial score (nSPS) is 11.2. The zero-order valence-corrected chi connectivity index (χ0v) is 33.6. The molecule has 11 rings (SSSR count). The SMILES string of the molecule is N#Cc1cccc(-c2nc(-c3ccccc3-c3ccccc3)nc(-c3ccc(-c4c5ccccc5c(-c5ccc(-c6ccccc6)cc5)c5ccccc45)c4ccccc34)n2)c1. The van der Waals surface area contributed by atoms with Crippen molar-refractivity contribution in [3.05, 3.63) is 224 Å². The summed E-state index contributed by atoms with van der Waals surface area (Å²) in [7, 11) is 0. The molecule has 0 fully saturated rings. The molecule has 0 aliphatic heterocycles. The summed E-state index contributed by atoms with van der Waals surface area (Å²) in [5.41, 5.74) is 12.3. The number of rotatable bonds is 7. The van der Waals surface area contributed by atoms with Crippen LogP contribution in [-0.2, 0) is 0 Å². The summed E-state index contributed by atoms with van der Waals surface area (Å²) in [6.07, 6.45) is 0. The molecule has 0 amide bonds. The quantitative estimate of drug-likeness (QED) is 0.151. The third kappa shape index (κ3) is 6.46. The van der Waals surface area contributed by atoms with E-state index in [1.165, 1.54) is 49.4 Å². The molecule has 0 radical (unpaired) electrons. The van der Waals surface area contributed by atoms with Crippen LogP contribution in [-0.4, -0.2) is 15.0 Å². The predicted molar refractivity (Wildman–Crippen MR) is 255 cm³/mol. The second-order valence-corrected chi connectivity index (χ2v) is 15.4. The molecule has 288 valence electrons. The van der Waals surface area contributed by atoms with Crippen molar-refractivity contribution < 1.29 is 0 Å². The van der Waals surface area contributed by atoms with Crippen LogP contribution < -0.4 is 0 Å². The van der Waals surface area contributed by atoms with Gasteiger partial charge in [0.2, 0.25) is 0 Å². The maximum Gasteiger partial charge on any atom is 0.164 e. The van der Waals surface area contributed by atoms with E-state index >= 15 is 0 Å². The fourth-order valence-corrected chi connectivity index (χ4v) is 8.92. The van der Waals surface area contributed by atoms with E-state index in [2.05, 4.69) is 170 Å². The second-order valence-electron chi connectivity index (χ2n) is 15.4. The maximum atomic E-state index is 9.83. The highest BCUT2D eigenvalue weighted by molar-refractivity contribution is 6.24. The monoisotopic (exact) mass is 788 g/mol. The first-order valence-corrected chi connectivity index (χ1v) is 20.7. The van der Waals surface area contributed by atoms with Crippen molar-refractivity contribution in [3.63, 3.8) is 0 Å². The van der Waals surface area contributed by atoms with Crippen LogP contribution in [0.3, 0.4) is 0 Å². The Morgan fingerprint density at radius 1 is 0.274 bits per heavy atom. The number of benzene rings is 10. The Morgan fingerprint density at radius 2 is 0.710 bits per heavy atom. The van der Waals surface area contributed by atoms with E-state index in [9.17, 15) is 5.26 Å². The van der Waals surface area contributed by atoms with Crippen molar-refractivity contribution in [2.45, 2.75) is 0 Å². The van der Waals surface area contributed by atoms with E-state index in [4.69, 9.17) is 15.0 Å². The Kier molecular flexibility index (Phi) is 9.19. The van der Waals surface area contributed by atoms with Crippen molar-refractivity contribution >= 4 is 32.3 Å². The van der Waals surface area contributed by atoms with E-state index in [-0.39, 0.29) is 0 Å². The molecular weight excluding hydrogens is 753 g/mol. The first-order valence-electron chi connectivity index (χ1n) is 20.7. The minimum atomic E-state index is 0.502. The third-order valence-corrected chi connectivity index (χ3v) is 11.8. The molecule has 0 bridgehead atoms. The number of hydrogen-bond donors (Lipinski definition) is 0. The van der Waals surface area contributed by atoms with Gasteiger partial charge in [-0.3, -0.25) is 0 Å². The minimum Gasteiger partial charge on any atom is -0.208 e. The highest BCUT2D eigenvalue weighted by atomic mass is 15.0. The summed E-state index contributed by atoms with van der Waals surface area (Å²) in [6.45, 7) is 0. The summed E-state index contributed by atoms with van der Waals surface area (Å²) >= 11 is 0. The molecule has 1 heterocycles. The van der Waals surface area contributed by atoms with Crippen molar-refractivity contribution in [1.29, 1.82) is 5.26 Å². The van der Waals surface area contributed by atoms with Gasteiger partial charge < -0.3 is 0 Å². The summed E-state index contributed by atoms with van der Waals surface area (Å²) in [6, 6.07) is 78.3. The molecule has 62 heavy (non-hydrogen) atoms. The van der Waals surface area contributed by atoms with E-state index in [0.29, 0.717) is 23.0 Å². The lowest BCUT2D eigenvalue weighted by molar-refractivity contribution is 1.08. The van der Waals surface area contributed by atoms with Crippen LogP contribution in [0.1, 0.15) is 5.56 Å². The van der Waals surface area contributed by atoms with Gasteiger partial charge in [-0.05, 0) is 95.0 Å². The smallest absolute Gasteiger partial charge is 0.164 e. The number of fused-ring (bicyclic) bond motifs is 3. The predicted octanol–water partition coefficient (Wildman–Crippen LogP) is 14.9. The van der Waals surface area contributed by atoms with E-state index in [1.54, 1.807) is 6.07 Å². The van der Waals surface area contributed by atoms with Crippen LogP contribution in [0.15, 0.2) is 218 Å². The fraction of sp³-hybridized carbons (Fsp3) is 0. The van der Waals surface area contributed by atoms with Crippen LogP contribution in [0.5, 0.6) is 0 Å². The van der Waals surface area contributed by atoms with Crippen molar-refractivity contribution in [2.24, 2.45) is 0 Å². The third-order valence-electron chi connectivity index (χ3n) is 11.8. The Bertz CT molecular complexity index is 3460. The number of nitriles is 1. The first-order chi connectivity index (χ1) is 30.7. The van der Waals surface area contributed by atoms with Crippen LogP contribution in [0.25, 0.3) is 111 Å². The molecule has 4 heteroatoms. The summed E-state index contributed by atoms with van der Waals surface area (Å²) < 4.78 is 0. The lowest BCUT2D eigenvalue weighted by atomic mass is 9.84. The number of aromatic nitrogens is 3. The Morgan fingerprint density at radius 3 is 1.34 bits per heavy atom. The summed E-state index contributed by atoms with van der Waals surface area (Å²) in [4.78, 5) is 15.5. The number of hydrogen-bond acceptors (Lipinski definition) is 4. The maximum absolute atomic E-state index is 9.83. The van der Waals surface area contributed by atoms with E-state index < -0.39 is 0 Å². The average molecular weight is 789 g/mol. The molecule has 0 atom stereocenters. The van der Waals surface area contributed by atoms with Crippen LogP contribution in [0.2, 0.25) is 0 Å². The molecule has 4 nitrogen and oxygen atoms in total. The Hall–Kier alpha value is -8.52. The zero-order chi connectivity index (χ0) is 41.4. The molecule has 0 aliphatic carbocycles. The van der Waals surface area contributed by atoms with Gasteiger partial charge in [0.25, 0.3) is 0 Å². The lowest BCUT2D eigenvalue weighted by Gasteiger charge is -2.20. The van der Waals surface area contributed by atoms with Gasteiger partial charge in [0.15, 0.2) is 17.5 Å². The van der Waals surface area contributed by atoms with Crippen molar-refractivity contribution in [1.82, 2.24) is 15.0 Å². The average Bonchev–Trinajstić information content (AvgIpc) is 3.36. The molecule has 0 aliphatic rings. The van der Waals surface area contributed by atoms with Gasteiger partial charge in [-0.1, -0.05) is 200 Å². The molecule has 0 N–H and O–H groups in total. The van der Waals surface area contributed by atoms with Crippen molar-refractivity contribution in [3.8, 4) is 84.7 Å². The zero-order valence-electron chi connectivity index (χ0n) is 33.6. The molecule has 0 saturated heterocycles. The van der Waals surface area contributed by atoms with E-state index in [0.717, 1.165) is 44.2 Å². The van der Waals surface area contributed by atoms with Crippen LogP contribution >= 0.6 is 0 Å². The molecule has 11 aromatic rings. The van der Waals surface area contributed by atoms with Gasteiger partial charge in [0.05, 0.1) is 11.6 Å². The van der Waals surface area contributed by atoms with Gasteiger partial charge >= 0.3 is 0 Å². The van der Waals surface area contributed by atoms with Gasteiger partial charge in [-0.25, -0.2) is 15.0 Å². The van der Waals surface area contributed by atoms with Crippen LogP contribution in [0.4, 0.5) is 0 Å². The minimum absolute atomic E-state index is 0.502. The van der Waals surface area contributed by atoms with Crippen LogP contribution in [0, 0.1) is 11.3 Å². The largest absolute Gasteiger partial charge is 0.208 e. The fourth-order valence-electron chi connectivity index (χ4n) is 8.92. The van der Waals surface area contributed by atoms with E-state index in [1.807, 2.05) is 48.5 Å². The molecule has 0 unspecified atom stereocenters. The van der Waals surface area contributed by atoms with Gasteiger partial charge in [-0.2, -0.15) is 5.26 Å². The summed E-state index contributed by atoms with van der Waals surface area (Å²) in [5.74, 6) is 1.62. The topological polar surface area (TPSA) is 62.5 Å². The standard InChI is InChI=1S/C58H36N4/c59-37-38-16-15-21-43(36-38)56-60-57(52-29-14-7-22-44(52)41-19-5-2-6-20-41)62-58(61-56)53-35-34-51(45-23-8-9-24-46(45)53)55-49-27-12-10-25-47(49)54(48-26-11-13-28-50(48)55)42-32-30-40(31-33-42)39-17-3-1-4-18-39/h1-36H. The molecule has 0 saturated carbocycles. The Labute approximate surface area is 359 Å². The summed E-state index contributed by atoms with van der Waals surface area (Å²) in [5, 5.41) is 16.7.